The van der Waals surface area contributed by atoms with Gasteiger partial charge in [-0.3, -0.25) is 19.5 Å². The van der Waals surface area contributed by atoms with Crippen molar-refractivity contribution >= 4 is 17.8 Å². The second kappa shape index (κ2) is 13.7. The lowest BCUT2D eigenvalue weighted by molar-refractivity contribution is -0.193. The number of ether oxygens (including phenoxy) is 1. The maximum atomic E-state index is 12.3. The summed E-state index contributed by atoms with van der Waals surface area (Å²) in [7, 11) is 0. The van der Waals surface area contributed by atoms with Crippen molar-refractivity contribution in [1.82, 2.24) is 14.9 Å². The number of alkyl halides is 6. The van der Waals surface area contributed by atoms with E-state index >= 15 is 0 Å². The molecule has 0 radical (unpaired) electrons. The van der Waals surface area contributed by atoms with Crippen LogP contribution >= 0.6 is 0 Å². The molecule has 1 aromatic rings. The molecule has 1 amide bonds. The highest BCUT2D eigenvalue weighted by atomic mass is 19.4. The first-order chi connectivity index (χ1) is 17.7. The van der Waals surface area contributed by atoms with E-state index in [4.69, 9.17) is 29.4 Å². The number of rotatable bonds is 4. The Bertz CT molecular complexity index is 902. The third kappa shape index (κ3) is 10.1. The summed E-state index contributed by atoms with van der Waals surface area (Å²) in [5.41, 5.74) is 1.26. The summed E-state index contributed by atoms with van der Waals surface area (Å²) in [4.78, 5) is 42.1. The molecule has 16 heteroatoms. The number of piperidine rings is 1. The van der Waals surface area contributed by atoms with Crippen LogP contribution in [-0.4, -0.2) is 94.3 Å². The number of carboxylic acids is 2. The van der Waals surface area contributed by atoms with Crippen LogP contribution in [0, 0.1) is 11.8 Å². The summed E-state index contributed by atoms with van der Waals surface area (Å²) in [5, 5.41) is 15.8. The fourth-order valence-corrected chi connectivity index (χ4v) is 4.18. The number of hydrogen-bond acceptors (Lipinski definition) is 7. The van der Waals surface area contributed by atoms with Gasteiger partial charge < -0.3 is 14.9 Å². The number of carbonyl (C=O) groups is 3. The van der Waals surface area contributed by atoms with E-state index in [1.165, 1.54) is 10.6 Å². The maximum Gasteiger partial charge on any atom is 0.490 e. The van der Waals surface area contributed by atoms with Crippen LogP contribution < -0.4 is 0 Å². The van der Waals surface area contributed by atoms with Gasteiger partial charge in [0.15, 0.2) is 0 Å². The molecule has 3 aliphatic rings. The molecule has 3 saturated heterocycles. The zero-order valence-corrected chi connectivity index (χ0v) is 20.0. The Morgan fingerprint density at radius 2 is 1.68 bits per heavy atom. The van der Waals surface area contributed by atoms with Gasteiger partial charge in [-0.15, -0.1) is 0 Å². The van der Waals surface area contributed by atoms with Gasteiger partial charge in [-0.2, -0.15) is 26.3 Å². The van der Waals surface area contributed by atoms with Crippen LogP contribution in [-0.2, 0) is 30.5 Å². The summed E-state index contributed by atoms with van der Waals surface area (Å²) in [6.07, 6.45) is -3.85. The summed E-state index contributed by atoms with van der Waals surface area (Å²) in [6, 6.07) is 4.12. The molecule has 1 aromatic heterocycles. The minimum Gasteiger partial charge on any atom is -0.475 e. The van der Waals surface area contributed by atoms with Crippen molar-refractivity contribution in [1.29, 1.82) is 0 Å². The molecule has 0 bridgehead atoms. The van der Waals surface area contributed by atoms with E-state index in [1.807, 2.05) is 18.5 Å². The number of amides is 1. The molecule has 214 valence electrons. The van der Waals surface area contributed by atoms with Crippen LogP contribution in [0.1, 0.15) is 24.8 Å². The van der Waals surface area contributed by atoms with Crippen molar-refractivity contribution in [2.24, 2.45) is 11.8 Å². The summed E-state index contributed by atoms with van der Waals surface area (Å²) in [5.74, 6) is -4.40. The topological polar surface area (TPSA) is 130 Å². The SMILES string of the molecule is O=C(C[C@@H]1OC[C@H]2CN(Cc3cccnc3)CC[C@H]21)N1CCCO1.O=C(O)C(F)(F)F.O=C(O)C(F)(F)F. The minimum absolute atomic E-state index is 0.0623. The van der Waals surface area contributed by atoms with E-state index in [1.54, 1.807) is 0 Å². The average molecular weight is 559 g/mol. The first-order valence-electron chi connectivity index (χ1n) is 11.4. The molecule has 2 N–H and O–H groups in total. The van der Waals surface area contributed by atoms with Gasteiger partial charge in [0.05, 0.1) is 32.3 Å². The lowest BCUT2D eigenvalue weighted by atomic mass is 9.83. The molecule has 0 spiro atoms. The second-order valence-corrected chi connectivity index (χ2v) is 8.67. The number of hydrogen-bond donors (Lipinski definition) is 2. The van der Waals surface area contributed by atoms with Crippen LogP contribution in [0.5, 0.6) is 0 Å². The van der Waals surface area contributed by atoms with E-state index < -0.39 is 24.3 Å². The number of halogens is 6. The van der Waals surface area contributed by atoms with Crippen molar-refractivity contribution in [3.8, 4) is 0 Å². The first-order valence-corrected chi connectivity index (χ1v) is 11.4. The average Bonchev–Trinajstić information content (AvgIpc) is 3.50. The van der Waals surface area contributed by atoms with Crippen LogP contribution in [0.3, 0.4) is 0 Å². The molecule has 0 unspecified atom stereocenters. The van der Waals surface area contributed by atoms with Crippen LogP contribution in [0.15, 0.2) is 24.5 Å². The standard InChI is InChI=1S/C18H25N3O3.2C2HF3O2/c22-18(21-6-2-8-24-21)9-17-16-4-7-20(12-15(16)13-23-17)11-14-3-1-5-19-10-14;2*3-2(4,5)1(6)7/h1,3,5,10,15-17H,2,4,6-9,11-13H2;2*(H,6,7)/t15-,16-,17+;;/m1../s1. The molecular formula is C22H27F6N3O7. The maximum absolute atomic E-state index is 12.3. The molecule has 38 heavy (non-hydrogen) atoms. The molecule has 0 aliphatic carbocycles. The highest BCUT2D eigenvalue weighted by molar-refractivity contribution is 5.76. The lowest BCUT2D eigenvalue weighted by Crippen LogP contribution is -2.42. The third-order valence-corrected chi connectivity index (χ3v) is 5.90. The highest BCUT2D eigenvalue weighted by Crippen LogP contribution is 2.36. The molecule has 3 atom stereocenters. The van der Waals surface area contributed by atoms with Crippen molar-refractivity contribution in [2.45, 2.75) is 44.3 Å². The van der Waals surface area contributed by atoms with Gasteiger partial charge in [0.25, 0.3) is 0 Å². The zero-order valence-electron chi connectivity index (χ0n) is 20.0. The van der Waals surface area contributed by atoms with Crippen LogP contribution in [0.2, 0.25) is 0 Å². The number of pyridine rings is 1. The number of aliphatic carboxylic acids is 2. The zero-order chi connectivity index (χ0) is 28.5. The summed E-state index contributed by atoms with van der Waals surface area (Å²) in [6.45, 7) is 5.20. The predicted molar refractivity (Wildman–Crippen MR) is 115 cm³/mol. The summed E-state index contributed by atoms with van der Waals surface area (Å²) < 4.78 is 69.5. The highest BCUT2D eigenvalue weighted by Gasteiger charge is 2.42. The Morgan fingerprint density at radius 1 is 1.05 bits per heavy atom. The van der Waals surface area contributed by atoms with Crippen molar-refractivity contribution in [3.05, 3.63) is 30.1 Å². The summed E-state index contributed by atoms with van der Waals surface area (Å²) >= 11 is 0. The van der Waals surface area contributed by atoms with Gasteiger partial charge in [0.2, 0.25) is 5.91 Å². The molecule has 10 nitrogen and oxygen atoms in total. The number of aromatic nitrogens is 1. The van der Waals surface area contributed by atoms with E-state index in [2.05, 4.69) is 16.0 Å². The number of carbonyl (C=O) groups excluding carboxylic acids is 1. The number of nitrogens with zero attached hydrogens (tertiary/aromatic N) is 3. The Morgan fingerprint density at radius 3 is 2.18 bits per heavy atom. The number of carboxylic acid groups (broad SMARTS) is 2. The Balaban J connectivity index is 0.000000301. The van der Waals surface area contributed by atoms with Gasteiger partial charge in [-0.05, 0) is 36.9 Å². The molecule has 4 rings (SSSR count). The smallest absolute Gasteiger partial charge is 0.475 e. The van der Waals surface area contributed by atoms with Crippen molar-refractivity contribution in [2.75, 3.05) is 32.8 Å². The first kappa shape index (κ1) is 31.2. The van der Waals surface area contributed by atoms with Gasteiger partial charge in [-0.25, -0.2) is 14.7 Å². The van der Waals surface area contributed by atoms with E-state index in [0.717, 1.165) is 45.6 Å². The van der Waals surface area contributed by atoms with Crippen LogP contribution in [0.4, 0.5) is 26.3 Å². The third-order valence-electron chi connectivity index (χ3n) is 5.90. The molecule has 0 saturated carbocycles. The van der Waals surface area contributed by atoms with E-state index in [0.29, 0.717) is 24.9 Å². The van der Waals surface area contributed by atoms with Gasteiger partial charge in [-0.1, -0.05) is 6.07 Å². The fraction of sp³-hybridized carbons (Fsp3) is 0.636. The largest absolute Gasteiger partial charge is 0.490 e. The predicted octanol–water partition coefficient (Wildman–Crippen LogP) is 2.74. The van der Waals surface area contributed by atoms with Crippen molar-refractivity contribution < 1.29 is 60.5 Å². The second-order valence-electron chi connectivity index (χ2n) is 8.67. The van der Waals surface area contributed by atoms with Gasteiger partial charge in [0, 0.05) is 31.4 Å². The Labute approximate surface area is 213 Å². The minimum atomic E-state index is -5.08. The Hall–Kier alpha value is -2.98. The number of hydroxylamine groups is 2. The van der Waals surface area contributed by atoms with Crippen LogP contribution in [0.25, 0.3) is 0 Å². The lowest BCUT2D eigenvalue weighted by Gasteiger charge is -2.35. The van der Waals surface area contributed by atoms with Gasteiger partial charge in [0.1, 0.15) is 0 Å². The molecule has 3 aliphatic heterocycles. The quantitative estimate of drug-likeness (QED) is 0.535. The molecule has 0 aromatic carbocycles. The normalized spacial score (nSPS) is 23.4. The van der Waals surface area contributed by atoms with Gasteiger partial charge >= 0.3 is 24.3 Å². The number of fused-ring (bicyclic) bond motifs is 1. The number of likely N-dealkylation sites (tertiary alicyclic amines) is 1. The molecular weight excluding hydrogens is 532 g/mol. The Kier molecular flexibility index (Phi) is 11.3. The van der Waals surface area contributed by atoms with E-state index in [-0.39, 0.29) is 12.0 Å². The molecule has 3 fully saturated rings. The fourth-order valence-electron chi connectivity index (χ4n) is 4.18. The molecule has 4 heterocycles. The monoisotopic (exact) mass is 559 g/mol. The van der Waals surface area contributed by atoms with Crippen molar-refractivity contribution in [3.63, 3.8) is 0 Å². The van der Waals surface area contributed by atoms with E-state index in [9.17, 15) is 31.1 Å².